The van der Waals surface area contributed by atoms with Gasteiger partial charge in [0.05, 0.1) is 0 Å². The minimum atomic E-state index is -0.0510. The molecule has 11 aliphatic rings. The fourth-order valence-corrected chi connectivity index (χ4v) is 19.7. The smallest absolute Gasteiger partial charge is 0.0307 e. The van der Waals surface area contributed by atoms with Crippen LogP contribution in [0.3, 0.4) is 0 Å². The topological polar surface area (TPSA) is 48.1 Å². The van der Waals surface area contributed by atoms with Crippen LogP contribution in [-0.4, -0.2) is 74.0 Å². The second kappa shape index (κ2) is 12.6. The highest BCUT2D eigenvalue weighted by Crippen LogP contribution is 2.72. The molecule has 4 N–H and O–H groups in total. The van der Waals surface area contributed by atoms with Crippen LogP contribution in [0.15, 0.2) is 48.1 Å². The van der Waals surface area contributed by atoms with Crippen LogP contribution in [0.25, 0.3) is 5.57 Å². The van der Waals surface area contributed by atoms with Crippen LogP contribution in [0.1, 0.15) is 69.8 Å². The van der Waals surface area contributed by atoms with Gasteiger partial charge in [0.2, 0.25) is 0 Å². The SMILES string of the molecule is PC(C1CNCCN1)(C1CNCCN1)C1C=C(c2ccccc2)C=C1CP(C1C2CC3CC(C2)CC1C3)C1C2CC3CC(C2)CC1C3. The molecule has 0 aromatic heterocycles. The lowest BCUT2D eigenvalue weighted by atomic mass is 9.55. The Morgan fingerprint density at radius 1 is 0.638 bits per heavy atom. The summed E-state index contributed by atoms with van der Waals surface area (Å²) in [7, 11) is 3.53. The van der Waals surface area contributed by atoms with Gasteiger partial charge in [-0.1, -0.05) is 56.0 Å². The Hall–Kier alpha value is -0.600. The van der Waals surface area contributed by atoms with Gasteiger partial charge in [-0.3, -0.25) is 0 Å². The van der Waals surface area contributed by atoms with E-state index in [-0.39, 0.29) is 13.1 Å². The maximum absolute atomic E-state index is 4.07. The number of allylic oxidation sites excluding steroid dienone is 4. The maximum atomic E-state index is 4.07. The van der Waals surface area contributed by atoms with Gasteiger partial charge in [0.15, 0.2) is 0 Å². The number of nitrogens with one attached hydrogen (secondary N) is 4. The first-order valence-electron chi connectivity index (χ1n) is 20.0. The fourth-order valence-electron chi connectivity index (χ4n) is 14.2. The quantitative estimate of drug-likeness (QED) is 0.239. The number of hydrogen-bond acceptors (Lipinski definition) is 4. The van der Waals surface area contributed by atoms with Gasteiger partial charge in [0.25, 0.3) is 0 Å². The summed E-state index contributed by atoms with van der Waals surface area (Å²) in [6.07, 6.45) is 22.8. The second-order valence-corrected chi connectivity index (χ2v) is 21.7. The van der Waals surface area contributed by atoms with Gasteiger partial charge >= 0.3 is 0 Å². The maximum Gasteiger partial charge on any atom is 0.0307 e. The van der Waals surface area contributed by atoms with Gasteiger partial charge in [-0.15, -0.1) is 9.24 Å². The lowest BCUT2D eigenvalue weighted by molar-refractivity contribution is 0.0130. The van der Waals surface area contributed by atoms with E-state index < -0.39 is 0 Å². The minimum Gasteiger partial charge on any atom is -0.314 e. The van der Waals surface area contributed by atoms with E-state index in [9.17, 15) is 0 Å². The third-order valence-electron chi connectivity index (χ3n) is 15.5. The van der Waals surface area contributed by atoms with Crippen LogP contribution in [-0.2, 0) is 0 Å². The van der Waals surface area contributed by atoms with Crippen molar-refractivity contribution in [1.82, 2.24) is 21.3 Å². The second-order valence-electron chi connectivity index (χ2n) is 18.1. The summed E-state index contributed by atoms with van der Waals surface area (Å²) in [5.74, 6) is 8.92. The zero-order valence-electron chi connectivity index (χ0n) is 28.6. The largest absolute Gasteiger partial charge is 0.314 e. The molecule has 254 valence electrons. The third-order valence-corrected chi connectivity index (χ3v) is 20.6. The van der Waals surface area contributed by atoms with Gasteiger partial charge in [0.1, 0.15) is 0 Å². The van der Waals surface area contributed by atoms with Crippen LogP contribution in [0.5, 0.6) is 0 Å². The number of benzene rings is 1. The van der Waals surface area contributed by atoms with E-state index in [1.165, 1.54) is 17.3 Å². The molecule has 10 fully saturated rings. The normalized spacial score (nSPS) is 47.0. The first-order chi connectivity index (χ1) is 23.1. The summed E-state index contributed by atoms with van der Waals surface area (Å²) in [5, 5.41) is 15.8. The van der Waals surface area contributed by atoms with Crippen molar-refractivity contribution in [2.75, 3.05) is 45.4 Å². The molecule has 0 amide bonds. The van der Waals surface area contributed by atoms with Gasteiger partial charge in [-0.25, -0.2) is 0 Å². The summed E-state index contributed by atoms with van der Waals surface area (Å²) in [6.45, 7) is 6.40. The van der Waals surface area contributed by atoms with Crippen LogP contribution in [0.4, 0.5) is 0 Å². The standard InChI is InChI=1S/C41H60N4P2/c46-41(37-22-42-6-8-44-37,38-23-43-7-9-45-38)36-21-30(29-4-2-1-3-5-29)20-35(36)24-47(39-31-12-25-10-26(14-31)15-32(39)13-25)40-33-16-27-11-28(18-33)19-34(40)17-27/h1-5,20-21,25-28,31-34,36-40,42-45H,6-19,22-24,46H2. The van der Waals surface area contributed by atoms with E-state index >= 15 is 0 Å². The molecule has 1 aromatic carbocycles. The predicted molar refractivity (Wildman–Crippen MR) is 201 cm³/mol. The Balaban J connectivity index is 1.06. The monoisotopic (exact) mass is 670 g/mol. The van der Waals surface area contributed by atoms with Gasteiger partial charge in [-0.2, -0.15) is 0 Å². The van der Waals surface area contributed by atoms with Crippen molar-refractivity contribution >= 4 is 22.7 Å². The molecule has 4 nitrogen and oxygen atoms in total. The minimum absolute atomic E-state index is 0.0122. The van der Waals surface area contributed by atoms with Crippen molar-refractivity contribution in [3.05, 3.63) is 53.6 Å². The molecular formula is C41H60N4P2. The van der Waals surface area contributed by atoms with E-state index in [1.54, 1.807) is 64.2 Å². The van der Waals surface area contributed by atoms with Crippen molar-refractivity contribution in [2.24, 2.45) is 53.3 Å². The molecule has 4 atom stereocenters. The summed E-state index contributed by atoms with van der Waals surface area (Å²) in [4.78, 5) is 0. The van der Waals surface area contributed by atoms with Gasteiger partial charge in [-0.05, 0) is 140 Å². The molecule has 0 radical (unpaired) electrons. The molecule has 8 bridgehead atoms. The van der Waals surface area contributed by atoms with Gasteiger partial charge in [0, 0.05) is 62.4 Å². The molecule has 8 saturated carbocycles. The molecule has 6 heteroatoms. The summed E-state index contributed by atoms with van der Waals surface area (Å²) < 4.78 is 0. The third kappa shape index (κ3) is 5.44. The number of rotatable bonds is 8. The highest BCUT2D eigenvalue weighted by atomic mass is 31.1. The fraction of sp³-hybridized carbons (Fsp3) is 0.756. The summed E-state index contributed by atoms with van der Waals surface area (Å²) >= 11 is 0. The first kappa shape index (κ1) is 31.2. The molecule has 4 unspecified atom stereocenters. The number of hydrogen-bond donors (Lipinski definition) is 4. The molecule has 0 spiro atoms. The Labute approximate surface area is 288 Å². The predicted octanol–water partition coefficient (Wildman–Crippen LogP) is 6.49. The van der Waals surface area contributed by atoms with Crippen LogP contribution in [0, 0.1) is 53.3 Å². The average Bonchev–Trinajstić information content (AvgIpc) is 3.52. The van der Waals surface area contributed by atoms with Crippen molar-refractivity contribution in [3.63, 3.8) is 0 Å². The molecule has 12 rings (SSSR count). The molecule has 2 aliphatic heterocycles. The van der Waals surface area contributed by atoms with E-state index in [4.69, 9.17) is 0 Å². The zero-order chi connectivity index (χ0) is 31.1. The van der Waals surface area contributed by atoms with E-state index in [0.29, 0.717) is 18.0 Å². The Morgan fingerprint density at radius 2 is 1.13 bits per heavy atom. The number of piperazine rings is 2. The lowest BCUT2D eigenvalue weighted by Crippen LogP contribution is -2.70. The molecule has 1 aromatic rings. The van der Waals surface area contributed by atoms with Crippen LogP contribution < -0.4 is 21.3 Å². The molecular weight excluding hydrogens is 610 g/mol. The summed E-state index contributed by atoms with van der Waals surface area (Å²) in [6, 6.07) is 12.3. The first-order valence-corrected chi connectivity index (χ1v) is 22.2. The van der Waals surface area contributed by atoms with Crippen molar-refractivity contribution < 1.29 is 0 Å². The summed E-state index contributed by atoms with van der Waals surface area (Å²) in [5.41, 5.74) is 6.82. The van der Waals surface area contributed by atoms with Crippen molar-refractivity contribution in [2.45, 2.75) is 92.8 Å². The van der Waals surface area contributed by atoms with Crippen LogP contribution >= 0.6 is 17.2 Å². The highest BCUT2D eigenvalue weighted by Gasteiger charge is 2.58. The Kier molecular flexibility index (Phi) is 8.33. The van der Waals surface area contributed by atoms with E-state index in [2.05, 4.69) is 73.0 Å². The Bertz CT molecular complexity index is 1250. The van der Waals surface area contributed by atoms with E-state index in [0.717, 1.165) is 97.9 Å². The average molecular weight is 671 g/mol. The van der Waals surface area contributed by atoms with Crippen molar-refractivity contribution in [3.8, 4) is 0 Å². The Morgan fingerprint density at radius 3 is 1.57 bits per heavy atom. The van der Waals surface area contributed by atoms with Gasteiger partial charge < -0.3 is 21.3 Å². The molecule has 9 aliphatic carbocycles. The lowest BCUT2D eigenvalue weighted by Gasteiger charge is -2.62. The molecule has 2 heterocycles. The highest BCUT2D eigenvalue weighted by molar-refractivity contribution is 7.59. The molecule has 47 heavy (non-hydrogen) atoms. The zero-order valence-corrected chi connectivity index (χ0v) is 30.6. The van der Waals surface area contributed by atoms with E-state index in [1.807, 2.05) is 5.57 Å². The molecule has 2 saturated heterocycles. The van der Waals surface area contributed by atoms with Crippen molar-refractivity contribution in [1.29, 1.82) is 0 Å². The van der Waals surface area contributed by atoms with Crippen LogP contribution in [0.2, 0.25) is 0 Å².